The zero-order valence-corrected chi connectivity index (χ0v) is 6.77. The minimum absolute atomic E-state index is 0.433. The lowest BCUT2D eigenvalue weighted by molar-refractivity contribution is 0.220. The Bertz CT molecular complexity index is 215. The molecule has 0 amide bonds. The first-order valence-corrected chi connectivity index (χ1v) is 3.96. The average Bonchev–Trinajstić information content (AvgIpc) is 2.37. The van der Waals surface area contributed by atoms with Gasteiger partial charge in [-0.1, -0.05) is 0 Å². The Kier molecular flexibility index (Phi) is 3.57. The normalized spacial score (nSPS) is 9.58. The topological polar surface area (TPSA) is 79.2 Å². The molecule has 0 saturated heterocycles. The highest BCUT2D eigenvalue weighted by atomic mass is 32.1. The molecule has 1 heterocycles. The van der Waals surface area contributed by atoms with Gasteiger partial charge in [-0.3, -0.25) is 0 Å². The van der Waals surface area contributed by atoms with E-state index in [-0.39, 0.29) is 0 Å². The molecule has 0 aromatic carbocycles. The molecule has 0 atom stereocenters. The predicted octanol–water partition coefficient (Wildman–Crippen LogP) is -0.910. The van der Waals surface area contributed by atoms with Crippen molar-refractivity contribution in [2.75, 3.05) is 0 Å². The van der Waals surface area contributed by atoms with E-state index in [4.69, 9.17) is 19.7 Å². The second-order valence-electron chi connectivity index (χ2n) is 1.82. The minimum Gasteiger partial charge on any atom is -0.505 e. The molecule has 0 saturated carbocycles. The molecule has 5 nitrogen and oxygen atoms in total. The lowest BCUT2D eigenvalue weighted by Crippen LogP contribution is -2.34. The number of hydrogen-bond donors (Lipinski definition) is 3. The van der Waals surface area contributed by atoms with Crippen LogP contribution in [0.1, 0.15) is 0 Å². The summed E-state index contributed by atoms with van der Waals surface area (Å²) >= 11 is 1.25. The number of thiophene rings is 1. The molecule has 0 radical (unpaired) electrons. The van der Waals surface area contributed by atoms with Crippen LogP contribution in [0.5, 0.6) is 5.06 Å². The van der Waals surface area contributed by atoms with Crippen molar-refractivity contribution in [2.24, 2.45) is 0 Å². The van der Waals surface area contributed by atoms with Crippen molar-refractivity contribution in [3.63, 3.8) is 0 Å². The Balaban J connectivity index is 2.32. The summed E-state index contributed by atoms with van der Waals surface area (Å²) in [6.45, 7) is 0. The van der Waals surface area contributed by atoms with Gasteiger partial charge in [-0.2, -0.15) is 0 Å². The third-order valence-corrected chi connectivity index (χ3v) is 1.71. The summed E-state index contributed by atoms with van der Waals surface area (Å²) in [6.07, 6.45) is 0. The zero-order chi connectivity index (χ0) is 8.97. The van der Waals surface area contributed by atoms with E-state index in [1.165, 1.54) is 11.3 Å². The monoisotopic (exact) mass is 188 g/mol. The van der Waals surface area contributed by atoms with Gasteiger partial charge in [0.25, 0.3) is 0 Å². The Morgan fingerprint density at radius 2 is 2.08 bits per heavy atom. The van der Waals surface area contributed by atoms with Gasteiger partial charge >= 0.3 is 14.6 Å². The van der Waals surface area contributed by atoms with E-state index in [1.54, 1.807) is 17.5 Å². The largest absolute Gasteiger partial charge is 0.698 e. The fourth-order valence-corrected chi connectivity index (χ4v) is 1.15. The van der Waals surface area contributed by atoms with Crippen LogP contribution >= 0.6 is 11.3 Å². The van der Waals surface area contributed by atoms with Gasteiger partial charge in [0.2, 0.25) is 0 Å². The van der Waals surface area contributed by atoms with E-state index in [0.717, 1.165) is 0 Å². The Morgan fingerprint density at radius 3 is 2.58 bits per heavy atom. The molecule has 1 aromatic heterocycles. The van der Waals surface area contributed by atoms with Gasteiger partial charge in [-0.25, -0.2) is 0 Å². The van der Waals surface area contributed by atoms with Crippen molar-refractivity contribution in [1.29, 1.82) is 0 Å². The molecule has 0 bridgehead atoms. The van der Waals surface area contributed by atoms with Crippen LogP contribution in [0.15, 0.2) is 17.5 Å². The molecule has 8 heteroatoms. The molecule has 0 aliphatic heterocycles. The molecule has 0 unspecified atom stereocenters. The van der Waals surface area contributed by atoms with E-state index in [2.05, 4.69) is 4.57 Å². The summed E-state index contributed by atoms with van der Waals surface area (Å²) in [4.78, 5) is 0. The zero-order valence-electron chi connectivity index (χ0n) is 5.95. The third kappa shape index (κ3) is 3.24. The maximum atomic E-state index is 8.83. The molecule has 1 rings (SSSR count). The van der Waals surface area contributed by atoms with E-state index < -0.39 is 14.6 Å². The summed E-state index contributed by atoms with van der Waals surface area (Å²) in [5.41, 5.74) is 0. The molecule has 0 spiro atoms. The minimum atomic E-state index is -2.04. The Morgan fingerprint density at radius 1 is 1.33 bits per heavy atom. The third-order valence-electron chi connectivity index (χ3n) is 0.950. The van der Waals surface area contributed by atoms with Gasteiger partial charge in [0.05, 0.1) is 0 Å². The summed E-state index contributed by atoms with van der Waals surface area (Å²) in [6, 6.07) is 3.34. The van der Waals surface area contributed by atoms with E-state index >= 15 is 0 Å². The van der Waals surface area contributed by atoms with Gasteiger partial charge in [0, 0.05) is 0 Å². The van der Waals surface area contributed by atoms with Crippen LogP contribution in [-0.4, -0.2) is 29.7 Å². The standard InChI is InChI=1S/C4H6B2O5S/c7-5(8)11-6(9)10-4-2-1-3-12-4/h1-3,7-9H. The maximum absolute atomic E-state index is 8.83. The lowest BCUT2D eigenvalue weighted by Gasteiger charge is -2.06. The van der Waals surface area contributed by atoms with E-state index in [0.29, 0.717) is 5.06 Å². The highest BCUT2D eigenvalue weighted by molar-refractivity contribution is 7.12. The summed E-state index contributed by atoms with van der Waals surface area (Å²) < 4.78 is 8.77. The molecular formula is C4H6B2O5S. The van der Waals surface area contributed by atoms with Crippen LogP contribution < -0.4 is 4.65 Å². The van der Waals surface area contributed by atoms with Gasteiger partial charge in [-0.15, -0.1) is 11.3 Å². The van der Waals surface area contributed by atoms with Crippen molar-refractivity contribution in [3.05, 3.63) is 17.5 Å². The molecule has 0 aliphatic rings. The molecule has 3 N–H and O–H groups in total. The molecule has 0 aliphatic carbocycles. The quantitative estimate of drug-likeness (QED) is 0.532. The van der Waals surface area contributed by atoms with Crippen molar-refractivity contribution >= 4 is 26.0 Å². The van der Waals surface area contributed by atoms with Gasteiger partial charge in [-0.05, 0) is 17.5 Å². The molecule has 1 aromatic rings. The summed E-state index contributed by atoms with van der Waals surface area (Å²) in [7, 11) is -3.70. The summed E-state index contributed by atoms with van der Waals surface area (Å²) in [5, 5.41) is 27.5. The van der Waals surface area contributed by atoms with Crippen LogP contribution in [0, 0.1) is 0 Å². The van der Waals surface area contributed by atoms with Crippen LogP contribution in [0.2, 0.25) is 0 Å². The fraction of sp³-hybridized carbons (Fsp3) is 0. The Hall–Kier alpha value is -0.530. The predicted molar refractivity (Wildman–Crippen MR) is 44.2 cm³/mol. The summed E-state index contributed by atoms with van der Waals surface area (Å²) in [5.74, 6) is 0. The first-order chi connectivity index (χ1) is 5.68. The van der Waals surface area contributed by atoms with E-state index in [1.807, 2.05) is 0 Å². The number of rotatable bonds is 4. The highest BCUT2D eigenvalue weighted by Gasteiger charge is 2.25. The molecule has 64 valence electrons. The molecule has 12 heavy (non-hydrogen) atoms. The molecular weight excluding hydrogens is 182 g/mol. The van der Waals surface area contributed by atoms with Gasteiger partial charge in [0.1, 0.15) is 0 Å². The van der Waals surface area contributed by atoms with Crippen molar-refractivity contribution in [3.8, 4) is 5.06 Å². The Labute approximate surface area is 73.5 Å². The first kappa shape index (κ1) is 9.56. The van der Waals surface area contributed by atoms with Gasteiger partial charge in [0.15, 0.2) is 5.06 Å². The van der Waals surface area contributed by atoms with Crippen LogP contribution in [0.4, 0.5) is 0 Å². The fourth-order valence-electron chi connectivity index (χ4n) is 0.562. The van der Waals surface area contributed by atoms with Crippen LogP contribution in [0.25, 0.3) is 0 Å². The highest BCUT2D eigenvalue weighted by Crippen LogP contribution is 2.18. The number of hydrogen-bond acceptors (Lipinski definition) is 6. The van der Waals surface area contributed by atoms with Crippen molar-refractivity contribution < 1.29 is 24.3 Å². The smallest absolute Gasteiger partial charge is 0.505 e. The van der Waals surface area contributed by atoms with Crippen molar-refractivity contribution in [2.45, 2.75) is 0 Å². The van der Waals surface area contributed by atoms with Crippen LogP contribution in [-0.2, 0) is 4.57 Å². The SMILES string of the molecule is OB(O)OB(O)Oc1cccs1. The maximum Gasteiger partial charge on any atom is 0.698 e. The van der Waals surface area contributed by atoms with E-state index in [9.17, 15) is 0 Å². The van der Waals surface area contributed by atoms with Gasteiger partial charge < -0.3 is 24.3 Å². The van der Waals surface area contributed by atoms with Crippen LogP contribution in [0.3, 0.4) is 0 Å². The second kappa shape index (κ2) is 4.48. The first-order valence-electron chi connectivity index (χ1n) is 3.08. The second-order valence-corrected chi connectivity index (χ2v) is 2.73. The van der Waals surface area contributed by atoms with Crippen molar-refractivity contribution in [1.82, 2.24) is 0 Å². The molecule has 0 fully saturated rings. The lowest BCUT2D eigenvalue weighted by atomic mass is 10.1. The average molecular weight is 188 g/mol.